The smallest absolute Gasteiger partial charge is 0.305 e. The highest BCUT2D eigenvalue weighted by Crippen LogP contribution is 2.70. The van der Waals surface area contributed by atoms with Gasteiger partial charge in [0.05, 0.1) is 25.4 Å². The quantitative estimate of drug-likeness (QED) is 0.181. The van der Waals surface area contributed by atoms with Crippen molar-refractivity contribution in [2.75, 3.05) is 55.4 Å². The summed E-state index contributed by atoms with van der Waals surface area (Å²) in [5, 5.41) is 9.81. The number of hydrogen-bond acceptors (Lipinski definition) is 9. The molecule has 0 aliphatic heterocycles. The summed E-state index contributed by atoms with van der Waals surface area (Å²) in [6.07, 6.45) is 9.54. The first-order valence-corrected chi connectivity index (χ1v) is 16.7. The molecule has 9 nitrogen and oxygen atoms in total. The van der Waals surface area contributed by atoms with Gasteiger partial charge in [0.2, 0.25) is 0 Å². The molecule has 4 aliphatic carbocycles. The molecule has 0 heterocycles. The Balaban J connectivity index is 1.70. The number of rotatable bonds is 16. The number of aliphatic hydroxyl groups excluding tert-OH is 1. The van der Waals surface area contributed by atoms with E-state index in [1.165, 1.54) is 7.11 Å². The van der Waals surface area contributed by atoms with Gasteiger partial charge in [-0.05, 0) is 105 Å². The summed E-state index contributed by atoms with van der Waals surface area (Å²) in [5.41, 5.74) is 0.0530. The van der Waals surface area contributed by atoms with Gasteiger partial charge < -0.3 is 38.3 Å². The van der Waals surface area contributed by atoms with E-state index in [4.69, 9.17) is 33.2 Å². The van der Waals surface area contributed by atoms with Gasteiger partial charge in [0, 0.05) is 39.8 Å². The van der Waals surface area contributed by atoms with Crippen molar-refractivity contribution in [3.8, 4) is 0 Å². The minimum Gasteiger partial charge on any atom is -0.469 e. The predicted molar refractivity (Wildman–Crippen MR) is 162 cm³/mol. The van der Waals surface area contributed by atoms with E-state index in [0.29, 0.717) is 54.6 Å². The van der Waals surface area contributed by atoms with Crippen LogP contribution < -0.4 is 0 Å². The molecular formula is C34H60O9. The highest BCUT2D eigenvalue weighted by atomic mass is 16.7. The minimum atomic E-state index is -0.137. The topological polar surface area (TPSA) is 102 Å². The summed E-state index contributed by atoms with van der Waals surface area (Å²) in [7, 11) is 6.56. The van der Waals surface area contributed by atoms with Gasteiger partial charge in [0.15, 0.2) is 0 Å². The first-order valence-electron chi connectivity index (χ1n) is 16.7. The lowest BCUT2D eigenvalue weighted by molar-refractivity contribution is -0.258. The second-order valence-corrected chi connectivity index (χ2v) is 14.4. The number of carbonyl (C=O) groups excluding carboxylic acids is 1. The van der Waals surface area contributed by atoms with Crippen molar-refractivity contribution in [3.05, 3.63) is 0 Å². The normalized spacial score (nSPS) is 41.3. The maximum Gasteiger partial charge on any atom is 0.305 e. The first kappa shape index (κ1) is 35.1. The van der Waals surface area contributed by atoms with E-state index in [9.17, 15) is 9.90 Å². The van der Waals surface area contributed by atoms with Gasteiger partial charge in [0.25, 0.3) is 0 Å². The number of aliphatic hydroxyl groups is 1. The number of methoxy groups -OCH3 is 4. The summed E-state index contributed by atoms with van der Waals surface area (Å²) < 4.78 is 40.9. The molecule has 4 aliphatic rings. The minimum absolute atomic E-state index is 0.0534. The van der Waals surface area contributed by atoms with E-state index >= 15 is 0 Å². The van der Waals surface area contributed by atoms with Crippen LogP contribution >= 0.6 is 0 Å². The van der Waals surface area contributed by atoms with Crippen molar-refractivity contribution in [1.29, 1.82) is 0 Å². The number of fused-ring (bicyclic) bond motifs is 5. The van der Waals surface area contributed by atoms with E-state index in [-0.39, 0.29) is 55.3 Å². The second-order valence-electron chi connectivity index (χ2n) is 14.4. The molecule has 9 heteroatoms. The molecule has 0 bridgehead atoms. The summed E-state index contributed by atoms with van der Waals surface area (Å²) in [6, 6.07) is 0. The van der Waals surface area contributed by atoms with Crippen LogP contribution in [-0.2, 0) is 38.0 Å². The molecule has 0 aromatic rings. The molecule has 4 rings (SSSR count). The largest absolute Gasteiger partial charge is 0.469 e. The van der Waals surface area contributed by atoms with Crippen LogP contribution in [0.1, 0.15) is 85.0 Å². The van der Waals surface area contributed by atoms with Gasteiger partial charge in [-0.15, -0.1) is 0 Å². The van der Waals surface area contributed by atoms with Crippen LogP contribution in [0, 0.1) is 52.3 Å². The zero-order valence-corrected chi connectivity index (χ0v) is 27.9. The number of carbonyl (C=O) groups is 1. The Morgan fingerprint density at radius 1 is 0.860 bits per heavy atom. The molecular weight excluding hydrogens is 552 g/mol. The Labute approximate surface area is 260 Å². The average Bonchev–Trinajstić information content (AvgIpc) is 3.37. The van der Waals surface area contributed by atoms with E-state index in [2.05, 4.69) is 20.8 Å². The predicted octanol–water partition coefficient (Wildman–Crippen LogP) is 5.42. The zero-order chi connectivity index (χ0) is 31.2. The van der Waals surface area contributed by atoms with Crippen LogP contribution in [0.3, 0.4) is 0 Å². The molecule has 0 unspecified atom stereocenters. The van der Waals surface area contributed by atoms with Crippen molar-refractivity contribution < 1.29 is 43.1 Å². The molecule has 250 valence electrons. The van der Waals surface area contributed by atoms with Crippen LogP contribution in [0.4, 0.5) is 0 Å². The van der Waals surface area contributed by atoms with Gasteiger partial charge in [-0.2, -0.15) is 0 Å². The monoisotopic (exact) mass is 612 g/mol. The van der Waals surface area contributed by atoms with Crippen LogP contribution in [0.2, 0.25) is 0 Å². The fourth-order valence-electron chi connectivity index (χ4n) is 10.8. The number of esters is 1. The van der Waals surface area contributed by atoms with Gasteiger partial charge >= 0.3 is 5.97 Å². The molecule has 0 radical (unpaired) electrons. The molecule has 43 heavy (non-hydrogen) atoms. The SMILES string of the molecule is COCO[C@H]1C[C@H]2[C@@H]([C@H](OCOC)C[C@@H]3[C@@H](CCCO)[C@H](OCOC)CC[C@@]32C)[C@@H]2CC[C@H]([C@H](C)CCC(=O)OC)[C@@]12C. The van der Waals surface area contributed by atoms with Crippen molar-refractivity contribution in [2.24, 2.45) is 52.3 Å². The standard InChI is InChI=1S/C34H60O9/c1-22(10-13-31(36)40-7)24-11-12-25-32-27(18-30(34(24,25)3)43-21-39-6)33(2)15-14-28(41-19-37-4)23(9-8-16-35)26(33)17-29(32)42-20-38-5/h22-30,32,35H,8-21H2,1-7H3/t22-,23-,24-,25+,26-,27+,28-,29-,30+,32+,33+,34-/m1/s1. The number of ether oxygens (including phenoxy) is 7. The van der Waals surface area contributed by atoms with Crippen molar-refractivity contribution >= 4 is 5.97 Å². The van der Waals surface area contributed by atoms with Crippen molar-refractivity contribution in [1.82, 2.24) is 0 Å². The van der Waals surface area contributed by atoms with Gasteiger partial charge in [-0.3, -0.25) is 4.79 Å². The Morgan fingerprint density at radius 2 is 1.53 bits per heavy atom. The second kappa shape index (κ2) is 15.7. The lowest BCUT2D eigenvalue weighted by atomic mass is 9.41. The summed E-state index contributed by atoms with van der Waals surface area (Å²) >= 11 is 0. The third-order valence-corrected chi connectivity index (χ3v) is 12.7. The molecule has 0 amide bonds. The van der Waals surface area contributed by atoms with Crippen molar-refractivity contribution in [3.63, 3.8) is 0 Å². The molecule has 0 aromatic carbocycles. The third kappa shape index (κ3) is 6.98. The molecule has 4 fully saturated rings. The molecule has 1 N–H and O–H groups in total. The third-order valence-electron chi connectivity index (χ3n) is 12.7. The zero-order valence-electron chi connectivity index (χ0n) is 27.9. The summed E-state index contributed by atoms with van der Waals surface area (Å²) in [4.78, 5) is 12.1. The molecule has 0 spiro atoms. The fraction of sp³-hybridized carbons (Fsp3) is 0.971. The lowest BCUT2D eigenvalue weighted by Crippen LogP contribution is -2.64. The highest BCUT2D eigenvalue weighted by molar-refractivity contribution is 5.69. The average molecular weight is 613 g/mol. The molecule has 12 atom stereocenters. The molecule has 0 saturated heterocycles. The lowest BCUT2D eigenvalue weighted by Gasteiger charge is -2.66. The number of hydrogen-bond donors (Lipinski definition) is 1. The Kier molecular flexibility index (Phi) is 12.8. The molecule has 4 saturated carbocycles. The van der Waals surface area contributed by atoms with E-state index in [1.807, 2.05) is 0 Å². The van der Waals surface area contributed by atoms with E-state index in [1.54, 1.807) is 21.3 Å². The van der Waals surface area contributed by atoms with E-state index < -0.39 is 0 Å². The van der Waals surface area contributed by atoms with Crippen molar-refractivity contribution in [2.45, 2.75) is 103 Å². The summed E-state index contributed by atoms with van der Waals surface area (Å²) in [5.74, 6) is 2.68. The maximum absolute atomic E-state index is 12.1. The van der Waals surface area contributed by atoms with Crippen LogP contribution in [0.15, 0.2) is 0 Å². The Bertz CT molecular complexity index is 871. The maximum atomic E-state index is 12.1. The van der Waals surface area contributed by atoms with Gasteiger partial charge in [-0.1, -0.05) is 20.8 Å². The van der Waals surface area contributed by atoms with E-state index in [0.717, 1.165) is 57.8 Å². The fourth-order valence-corrected chi connectivity index (χ4v) is 10.8. The summed E-state index contributed by atoms with van der Waals surface area (Å²) in [6.45, 7) is 8.35. The highest BCUT2D eigenvalue weighted by Gasteiger charge is 2.67. The Hall–Kier alpha value is -0.810. The first-order chi connectivity index (χ1) is 20.7. The van der Waals surface area contributed by atoms with Crippen LogP contribution in [0.5, 0.6) is 0 Å². The van der Waals surface area contributed by atoms with Gasteiger partial charge in [-0.25, -0.2) is 0 Å². The Morgan fingerprint density at radius 3 is 2.19 bits per heavy atom. The molecule has 0 aromatic heterocycles. The van der Waals surface area contributed by atoms with Crippen LogP contribution in [0.25, 0.3) is 0 Å². The van der Waals surface area contributed by atoms with Gasteiger partial charge in [0.1, 0.15) is 20.4 Å². The van der Waals surface area contributed by atoms with Crippen LogP contribution in [-0.4, -0.2) is 84.8 Å².